The van der Waals surface area contributed by atoms with Crippen LogP contribution in [0.4, 0.5) is 4.39 Å². The van der Waals surface area contributed by atoms with Crippen molar-refractivity contribution in [3.63, 3.8) is 0 Å². The Balaban J connectivity index is 1.45. The van der Waals surface area contributed by atoms with E-state index >= 15 is 0 Å². The van der Waals surface area contributed by atoms with Gasteiger partial charge in [-0.15, -0.1) is 0 Å². The van der Waals surface area contributed by atoms with Crippen LogP contribution in [0.1, 0.15) is 35.2 Å². The van der Waals surface area contributed by atoms with Gasteiger partial charge in [-0.3, -0.25) is 9.59 Å². The van der Waals surface area contributed by atoms with E-state index in [1.54, 1.807) is 23.0 Å². The van der Waals surface area contributed by atoms with E-state index in [-0.39, 0.29) is 30.1 Å². The van der Waals surface area contributed by atoms with Gasteiger partial charge in [0.05, 0.1) is 19.3 Å². The first-order chi connectivity index (χ1) is 17.9. The van der Waals surface area contributed by atoms with Crippen LogP contribution in [0.3, 0.4) is 0 Å². The number of rotatable bonds is 5. The summed E-state index contributed by atoms with van der Waals surface area (Å²) in [6, 6.07) is 22.2. The summed E-state index contributed by atoms with van der Waals surface area (Å²) in [5.74, 6) is 0.0419. The first kappa shape index (κ1) is 23.3. The number of hydrogen-bond acceptors (Lipinski definition) is 3. The normalized spacial score (nSPS) is 21.2. The Kier molecular flexibility index (Phi) is 5.51. The van der Waals surface area contributed by atoms with Crippen LogP contribution in [0.15, 0.2) is 72.8 Å². The molecule has 4 aromatic rings. The van der Waals surface area contributed by atoms with Crippen LogP contribution in [0.25, 0.3) is 10.9 Å². The lowest BCUT2D eigenvalue weighted by Gasteiger charge is -2.51. The number of amides is 2. The number of fused-ring (bicyclic) bond motifs is 5. The molecule has 0 aliphatic carbocycles. The van der Waals surface area contributed by atoms with Gasteiger partial charge in [-0.25, -0.2) is 4.39 Å². The van der Waals surface area contributed by atoms with Crippen LogP contribution >= 0.6 is 0 Å². The van der Waals surface area contributed by atoms with Crippen molar-refractivity contribution in [2.75, 3.05) is 26.7 Å². The number of carbonyl (C=O) groups excluding carboxylic acids is 2. The number of halogens is 1. The van der Waals surface area contributed by atoms with Gasteiger partial charge in [-0.1, -0.05) is 48.5 Å². The fraction of sp³-hybridized carbons (Fsp3) is 0.267. The van der Waals surface area contributed by atoms with Gasteiger partial charge in [-0.05, 0) is 48.7 Å². The zero-order valence-electron chi connectivity index (χ0n) is 20.8. The molecule has 0 radical (unpaired) electrons. The second-order valence-corrected chi connectivity index (χ2v) is 9.94. The topological polar surface area (TPSA) is 65.6 Å². The number of aromatic amines is 1. The maximum atomic E-state index is 14.1. The summed E-state index contributed by atoms with van der Waals surface area (Å²) in [5.41, 5.74) is 3.28. The summed E-state index contributed by atoms with van der Waals surface area (Å²) < 4.78 is 19.4. The fourth-order valence-electron chi connectivity index (χ4n) is 6.05. The van der Waals surface area contributed by atoms with Crippen LogP contribution < -0.4 is 4.74 Å². The number of nitrogens with one attached hydrogen (secondary N) is 1. The molecule has 0 bridgehead atoms. The maximum Gasteiger partial charge on any atom is 0.254 e. The lowest BCUT2D eigenvalue weighted by Crippen LogP contribution is -2.67. The van der Waals surface area contributed by atoms with Crippen LogP contribution in [0.2, 0.25) is 0 Å². The molecular formula is C30H28FN3O3. The third kappa shape index (κ3) is 3.60. The van der Waals surface area contributed by atoms with Crippen molar-refractivity contribution >= 4 is 22.7 Å². The molecule has 2 amide bonds. The van der Waals surface area contributed by atoms with Gasteiger partial charge < -0.3 is 19.5 Å². The summed E-state index contributed by atoms with van der Waals surface area (Å²) in [6.07, 6.45) is 0.469. The van der Waals surface area contributed by atoms with E-state index in [9.17, 15) is 14.0 Å². The highest BCUT2D eigenvalue weighted by molar-refractivity contribution is 6.01. The maximum absolute atomic E-state index is 14.1. The molecule has 3 heterocycles. The van der Waals surface area contributed by atoms with Crippen molar-refractivity contribution in [3.8, 4) is 5.75 Å². The van der Waals surface area contributed by atoms with Gasteiger partial charge in [0.15, 0.2) is 5.54 Å². The second-order valence-electron chi connectivity index (χ2n) is 9.94. The number of methoxy groups -OCH3 is 1. The highest BCUT2D eigenvalue weighted by Gasteiger charge is 2.56. The van der Waals surface area contributed by atoms with Crippen molar-refractivity contribution in [1.82, 2.24) is 14.8 Å². The molecule has 7 heteroatoms. The van der Waals surface area contributed by atoms with Gasteiger partial charge in [0.2, 0.25) is 5.91 Å². The first-order valence-corrected chi connectivity index (χ1v) is 12.5. The van der Waals surface area contributed by atoms with E-state index in [1.807, 2.05) is 55.5 Å². The largest absolute Gasteiger partial charge is 0.496 e. The van der Waals surface area contributed by atoms with Crippen molar-refractivity contribution in [3.05, 3.63) is 101 Å². The van der Waals surface area contributed by atoms with Gasteiger partial charge in [0.25, 0.3) is 5.91 Å². The van der Waals surface area contributed by atoms with Crippen molar-refractivity contribution < 1.29 is 18.7 Å². The van der Waals surface area contributed by atoms with Crippen LogP contribution in [-0.4, -0.2) is 53.3 Å². The molecule has 1 fully saturated rings. The van der Waals surface area contributed by atoms with Crippen molar-refractivity contribution in [2.45, 2.75) is 24.8 Å². The number of aromatic nitrogens is 1. The molecule has 2 aliphatic rings. The van der Waals surface area contributed by atoms with Gasteiger partial charge in [0, 0.05) is 35.5 Å². The minimum Gasteiger partial charge on any atom is -0.496 e. The van der Waals surface area contributed by atoms with Gasteiger partial charge in [0.1, 0.15) is 11.6 Å². The van der Waals surface area contributed by atoms with E-state index in [1.165, 1.54) is 12.1 Å². The van der Waals surface area contributed by atoms with Crippen molar-refractivity contribution in [1.29, 1.82) is 0 Å². The number of H-pyrrole nitrogens is 1. The quantitative estimate of drug-likeness (QED) is 0.439. The Morgan fingerprint density at radius 1 is 1.05 bits per heavy atom. The second kappa shape index (κ2) is 8.76. The van der Waals surface area contributed by atoms with E-state index in [0.29, 0.717) is 19.5 Å². The van der Waals surface area contributed by atoms with Gasteiger partial charge in [-0.2, -0.15) is 0 Å². The lowest BCUT2D eigenvalue weighted by molar-refractivity contribution is -0.166. The minimum absolute atomic E-state index is 0.00204. The summed E-state index contributed by atoms with van der Waals surface area (Å²) in [5, 5.41) is 1.03. The molecule has 6 nitrogen and oxygen atoms in total. The molecule has 37 heavy (non-hydrogen) atoms. The van der Waals surface area contributed by atoms with Crippen molar-refractivity contribution in [2.24, 2.45) is 0 Å². The molecule has 0 saturated carbocycles. The van der Waals surface area contributed by atoms with E-state index in [4.69, 9.17) is 4.74 Å². The predicted octanol–water partition coefficient (Wildman–Crippen LogP) is 4.59. The third-order valence-corrected chi connectivity index (χ3v) is 7.89. The molecule has 1 N–H and O–H groups in total. The Bertz CT molecular complexity index is 1530. The highest BCUT2D eigenvalue weighted by Crippen LogP contribution is 2.49. The first-order valence-electron chi connectivity index (χ1n) is 12.5. The molecule has 2 atom stereocenters. The molecule has 1 aromatic heterocycles. The van der Waals surface area contributed by atoms with Crippen LogP contribution in [0, 0.1) is 5.82 Å². The Morgan fingerprint density at radius 2 is 1.84 bits per heavy atom. The van der Waals surface area contributed by atoms with Gasteiger partial charge >= 0.3 is 0 Å². The molecule has 3 aromatic carbocycles. The monoisotopic (exact) mass is 497 g/mol. The van der Waals surface area contributed by atoms with E-state index in [2.05, 4.69) is 11.1 Å². The SMILES string of the molecule is COc1ccccc1[C@H]1CN2C(=O)CN(CCc3cccc(F)c3)C(=O)[C@]2(C)c2[nH]c3ccccc3c21. The zero-order chi connectivity index (χ0) is 25.7. The molecule has 0 spiro atoms. The zero-order valence-corrected chi connectivity index (χ0v) is 20.8. The minimum atomic E-state index is -1.18. The smallest absolute Gasteiger partial charge is 0.254 e. The molecule has 2 aliphatic heterocycles. The third-order valence-electron chi connectivity index (χ3n) is 7.89. The summed E-state index contributed by atoms with van der Waals surface area (Å²) in [6.45, 7) is 2.54. The average molecular weight is 498 g/mol. The average Bonchev–Trinajstić information content (AvgIpc) is 3.31. The van der Waals surface area contributed by atoms with Crippen LogP contribution in [0.5, 0.6) is 5.75 Å². The molecule has 0 unspecified atom stereocenters. The molecular weight excluding hydrogens is 469 g/mol. The molecule has 188 valence electrons. The van der Waals surface area contributed by atoms with E-state index < -0.39 is 5.54 Å². The lowest BCUT2D eigenvalue weighted by atomic mass is 9.76. The Hall–Kier alpha value is -4.13. The highest BCUT2D eigenvalue weighted by atomic mass is 19.1. The summed E-state index contributed by atoms with van der Waals surface area (Å²) in [7, 11) is 1.65. The van der Waals surface area contributed by atoms with Crippen LogP contribution in [-0.2, 0) is 21.5 Å². The number of benzene rings is 3. The predicted molar refractivity (Wildman–Crippen MR) is 139 cm³/mol. The number of nitrogens with zero attached hydrogens (tertiary/aromatic N) is 2. The molecule has 6 rings (SSSR count). The number of piperazine rings is 1. The number of hydrogen-bond donors (Lipinski definition) is 1. The van der Waals surface area contributed by atoms with E-state index in [0.717, 1.165) is 39.0 Å². The fourth-order valence-corrected chi connectivity index (χ4v) is 6.05. The Morgan fingerprint density at radius 3 is 2.65 bits per heavy atom. The number of carbonyl (C=O) groups is 2. The summed E-state index contributed by atoms with van der Waals surface area (Å²) in [4.78, 5) is 34.6. The molecule has 1 saturated heterocycles. The number of ether oxygens (including phenoxy) is 1. The summed E-state index contributed by atoms with van der Waals surface area (Å²) >= 11 is 0. The Labute approximate surface area is 214 Å². The number of para-hydroxylation sites is 2. The standard InChI is InChI=1S/C30H28FN3O3/c1-30-28-27(22-11-3-5-12-24(22)32-28)23(21-10-4-6-13-25(21)37-2)17-34(30)26(35)18-33(29(30)36)15-14-19-8-7-9-20(31)16-19/h3-13,16,23,32H,14-15,17-18H2,1-2H3/t23-,30+/m1/s1.